The van der Waals surface area contributed by atoms with Crippen LogP contribution in [0.25, 0.3) is 0 Å². The van der Waals surface area contributed by atoms with Crippen molar-refractivity contribution >= 4 is 5.78 Å². The van der Waals surface area contributed by atoms with E-state index >= 15 is 0 Å². The third-order valence-corrected chi connectivity index (χ3v) is 2.39. The van der Waals surface area contributed by atoms with Crippen molar-refractivity contribution in [2.24, 2.45) is 0 Å². The first-order chi connectivity index (χ1) is 7.75. The molecule has 0 amide bonds. The molecule has 0 aliphatic carbocycles. The second-order valence-corrected chi connectivity index (χ2v) is 3.82. The van der Waals surface area contributed by atoms with Gasteiger partial charge in [0.25, 0.3) is 0 Å². The molecule has 0 fully saturated rings. The van der Waals surface area contributed by atoms with Crippen LogP contribution in [0.1, 0.15) is 49.9 Å². The molecular weight excluding hydrogens is 202 g/mol. The molecule has 0 N–H and O–H groups in total. The number of Topliss-reactive ketones (excluding diaryl/α,β-unsaturated/α-hetero) is 1. The van der Waals surface area contributed by atoms with Crippen LogP contribution in [0.2, 0.25) is 0 Å². The maximum absolute atomic E-state index is 11.3. The molecule has 0 saturated carbocycles. The molecule has 1 aromatic rings. The van der Waals surface area contributed by atoms with E-state index in [1.807, 2.05) is 0 Å². The predicted molar refractivity (Wildman–Crippen MR) is 63.9 cm³/mol. The summed E-state index contributed by atoms with van der Waals surface area (Å²) in [5, 5.41) is 0. The summed E-state index contributed by atoms with van der Waals surface area (Å²) >= 11 is 0. The van der Waals surface area contributed by atoms with Crippen LogP contribution in [0.4, 0.5) is 0 Å². The Morgan fingerprint density at radius 1 is 1.38 bits per heavy atom. The van der Waals surface area contributed by atoms with Crippen molar-refractivity contribution in [3.05, 3.63) is 23.9 Å². The number of pyridine rings is 1. The molecule has 0 aromatic carbocycles. The third kappa shape index (κ3) is 4.01. The lowest BCUT2D eigenvalue weighted by molar-refractivity contribution is 0.101. The summed E-state index contributed by atoms with van der Waals surface area (Å²) < 4.78 is 5.51. The molecule has 0 aliphatic rings. The summed E-state index contributed by atoms with van der Waals surface area (Å²) in [7, 11) is 0. The smallest absolute Gasteiger partial charge is 0.224 e. The zero-order chi connectivity index (χ0) is 11.8. The molecule has 0 radical (unpaired) electrons. The van der Waals surface area contributed by atoms with E-state index < -0.39 is 0 Å². The predicted octanol–water partition coefficient (Wildman–Crippen LogP) is 3.24. The molecule has 0 bridgehead atoms. The molecule has 0 unspecified atom stereocenters. The van der Waals surface area contributed by atoms with Crippen LogP contribution in [0, 0.1) is 0 Å². The fourth-order valence-electron chi connectivity index (χ4n) is 1.47. The number of hydrogen-bond acceptors (Lipinski definition) is 3. The van der Waals surface area contributed by atoms with Crippen molar-refractivity contribution in [3.8, 4) is 5.88 Å². The molecule has 1 rings (SSSR count). The number of ether oxygens (including phenoxy) is 1. The molecule has 0 spiro atoms. The van der Waals surface area contributed by atoms with Crippen molar-refractivity contribution in [3.63, 3.8) is 0 Å². The van der Waals surface area contributed by atoms with Gasteiger partial charge in [0.1, 0.15) is 0 Å². The first-order valence-electron chi connectivity index (χ1n) is 5.84. The lowest BCUT2D eigenvalue weighted by Crippen LogP contribution is -2.04. The molecule has 1 heterocycles. The molecule has 0 saturated heterocycles. The van der Waals surface area contributed by atoms with Gasteiger partial charge in [-0.15, -0.1) is 0 Å². The van der Waals surface area contributed by atoms with Crippen molar-refractivity contribution in [1.82, 2.24) is 4.98 Å². The van der Waals surface area contributed by atoms with Crippen molar-refractivity contribution < 1.29 is 9.53 Å². The first-order valence-corrected chi connectivity index (χ1v) is 5.84. The van der Waals surface area contributed by atoms with E-state index in [0.717, 1.165) is 6.42 Å². The van der Waals surface area contributed by atoms with Crippen LogP contribution < -0.4 is 4.74 Å². The Kier molecular flexibility index (Phi) is 5.54. The van der Waals surface area contributed by atoms with E-state index in [2.05, 4.69) is 11.9 Å². The Morgan fingerprint density at radius 3 is 2.88 bits per heavy atom. The summed E-state index contributed by atoms with van der Waals surface area (Å²) in [6.45, 7) is 4.34. The van der Waals surface area contributed by atoms with Gasteiger partial charge in [-0.05, 0) is 25.5 Å². The van der Waals surface area contributed by atoms with Gasteiger partial charge in [-0.25, -0.2) is 4.98 Å². The van der Waals surface area contributed by atoms with Crippen molar-refractivity contribution in [2.75, 3.05) is 6.61 Å². The largest absolute Gasteiger partial charge is 0.477 e. The summed E-state index contributed by atoms with van der Waals surface area (Å²) in [4.78, 5) is 15.4. The van der Waals surface area contributed by atoms with Gasteiger partial charge in [0.15, 0.2) is 5.78 Å². The second-order valence-electron chi connectivity index (χ2n) is 3.82. The first kappa shape index (κ1) is 12.7. The minimum absolute atomic E-state index is 0.00309. The zero-order valence-electron chi connectivity index (χ0n) is 10.0. The lowest BCUT2D eigenvalue weighted by atomic mass is 10.2. The van der Waals surface area contributed by atoms with Gasteiger partial charge in [-0.2, -0.15) is 0 Å². The van der Waals surface area contributed by atoms with E-state index in [1.165, 1.54) is 26.2 Å². The number of carbonyl (C=O) groups is 1. The number of aromatic nitrogens is 1. The van der Waals surface area contributed by atoms with Gasteiger partial charge in [0, 0.05) is 6.20 Å². The van der Waals surface area contributed by atoms with E-state index in [9.17, 15) is 4.79 Å². The summed E-state index contributed by atoms with van der Waals surface area (Å²) in [6.07, 6.45) is 6.27. The van der Waals surface area contributed by atoms with Gasteiger partial charge in [-0.1, -0.05) is 26.2 Å². The average molecular weight is 221 g/mol. The lowest BCUT2D eigenvalue weighted by Gasteiger charge is -2.07. The topological polar surface area (TPSA) is 39.2 Å². The Balaban J connectivity index is 2.44. The third-order valence-electron chi connectivity index (χ3n) is 2.39. The normalized spacial score (nSPS) is 10.1. The molecule has 3 heteroatoms. The Bertz CT molecular complexity index is 336. The monoisotopic (exact) mass is 221 g/mol. The summed E-state index contributed by atoms with van der Waals surface area (Å²) in [6, 6.07) is 3.50. The van der Waals surface area contributed by atoms with Crippen LogP contribution in [0.15, 0.2) is 18.3 Å². The second kappa shape index (κ2) is 6.99. The fourth-order valence-corrected chi connectivity index (χ4v) is 1.47. The van der Waals surface area contributed by atoms with E-state index in [4.69, 9.17) is 4.74 Å². The minimum Gasteiger partial charge on any atom is -0.477 e. The van der Waals surface area contributed by atoms with Gasteiger partial charge in [0.05, 0.1) is 12.2 Å². The van der Waals surface area contributed by atoms with E-state index in [1.54, 1.807) is 18.3 Å². The fraction of sp³-hybridized carbons (Fsp3) is 0.538. The van der Waals surface area contributed by atoms with Gasteiger partial charge in [-0.3, -0.25) is 4.79 Å². The van der Waals surface area contributed by atoms with Crippen LogP contribution in [0.5, 0.6) is 5.88 Å². The average Bonchev–Trinajstić information content (AvgIpc) is 2.29. The molecule has 0 atom stereocenters. The van der Waals surface area contributed by atoms with Gasteiger partial charge in [0.2, 0.25) is 5.88 Å². The van der Waals surface area contributed by atoms with E-state index in [-0.39, 0.29) is 5.78 Å². The van der Waals surface area contributed by atoms with E-state index in [0.29, 0.717) is 18.1 Å². The van der Waals surface area contributed by atoms with Crippen molar-refractivity contribution in [2.45, 2.75) is 39.5 Å². The number of hydrogen-bond donors (Lipinski definition) is 0. The molecular formula is C13H19NO2. The van der Waals surface area contributed by atoms with Crippen LogP contribution in [-0.2, 0) is 0 Å². The molecule has 0 aliphatic heterocycles. The molecule has 16 heavy (non-hydrogen) atoms. The Hall–Kier alpha value is -1.38. The highest BCUT2D eigenvalue weighted by atomic mass is 16.5. The maximum atomic E-state index is 11.3. The van der Waals surface area contributed by atoms with Crippen LogP contribution in [-0.4, -0.2) is 17.4 Å². The summed E-state index contributed by atoms with van der Waals surface area (Å²) in [5.41, 5.74) is 0.568. The summed E-state index contributed by atoms with van der Waals surface area (Å²) in [5.74, 6) is 0.461. The standard InChI is InChI=1S/C13H19NO2/c1-3-4-5-6-10-16-13-12(11(2)15)8-7-9-14-13/h7-9H,3-6,10H2,1-2H3. The Morgan fingerprint density at radius 2 is 2.19 bits per heavy atom. The quantitative estimate of drug-likeness (QED) is 0.524. The minimum atomic E-state index is -0.00309. The van der Waals surface area contributed by atoms with Crippen molar-refractivity contribution in [1.29, 1.82) is 0 Å². The highest BCUT2D eigenvalue weighted by Crippen LogP contribution is 2.15. The van der Waals surface area contributed by atoms with Gasteiger partial charge < -0.3 is 4.74 Å². The molecule has 88 valence electrons. The highest BCUT2D eigenvalue weighted by molar-refractivity contribution is 5.96. The maximum Gasteiger partial charge on any atom is 0.224 e. The molecule has 1 aromatic heterocycles. The molecule has 3 nitrogen and oxygen atoms in total. The number of nitrogens with zero attached hydrogens (tertiary/aromatic N) is 1. The number of ketones is 1. The highest BCUT2D eigenvalue weighted by Gasteiger charge is 2.08. The number of carbonyl (C=O) groups excluding carboxylic acids is 1. The Labute approximate surface area is 96.8 Å². The zero-order valence-corrected chi connectivity index (χ0v) is 10.0. The van der Waals surface area contributed by atoms with Crippen LogP contribution in [0.3, 0.4) is 0 Å². The van der Waals surface area contributed by atoms with Crippen LogP contribution >= 0.6 is 0 Å². The number of unbranched alkanes of at least 4 members (excludes halogenated alkanes) is 3. The number of rotatable bonds is 7. The van der Waals surface area contributed by atoms with Gasteiger partial charge >= 0.3 is 0 Å². The SMILES string of the molecule is CCCCCCOc1ncccc1C(C)=O.